The number of fused-ring (bicyclic) bond motifs is 1. The first kappa shape index (κ1) is 25.6. The second kappa shape index (κ2) is 8.48. The number of halogens is 7. The molecule has 1 amide bonds. The van der Waals surface area contributed by atoms with Gasteiger partial charge in [0.25, 0.3) is 5.91 Å². The van der Waals surface area contributed by atoms with Crippen LogP contribution in [-0.2, 0) is 21.2 Å². The van der Waals surface area contributed by atoms with E-state index < -0.39 is 59.7 Å². The normalized spacial score (nSPS) is 28.4. The zero-order chi connectivity index (χ0) is 26.8. The van der Waals surface area contributed by atoms with Crippen LogP contribution in [0.2, 0.25) is 0 Å². The molecule has 37 heavy (non-hydrogen) atoms. The minimum atomic E-state index is -4.95. The Morgan fingerprint density at radius 1 is 1.19 bits per heavy atom. The molecule has 3 saturated carbocycles. The van der Waals surface area contributed by atoms with Gasteiger partial charge in [-0.1, -0.05) is 0 Å². The van der Waals surface area contributed by atoms with E-state index in [1.807, 2.05) is 0 Å². The van der Waals surface area contributed by atoms with Crippen LogP contribution < -0.4 is 14.8 Å². The first-order valence-electron chi connectivity index (χ1n) is 11.1. The van der Waals surface area contributed by atoms with E-state index in [9.17, 15) is 40.6 Å². The summed E-state index contributed by atoms with van der Waals surface area (Å²) in [5, 5.41) is 17.3. The number of benzene rings is 1. The van der Waals surface area contributed by atoms with Gasteiger partial charge in [-0.15, -0.1) is 13.2 Å². The molecule has 2 N–H and O–H groups in total. The third-order valence-corrected chi connectivity index (χ3v) is 6.82. The zero-order valence-electron chi connectivity index (χ0n) is 18.8. The van der Waals surface area contributed by atoms with Gasteiger partial charge in [-0.3, -0.25) is 14.2 Å². The van der Waals surface area contributed by atoms with Crippen molar-refractivity contribution in [2.24, 2.45) is 0 Å². The van der Waals surface area contributed by atoms with Crippen LogP contribution in [-0.4, -0.2) is 52.0 Å². The molecule has 2 unspecified atom stereocenters. The summed E-state index contributed by atoms with van der Waals surface area (Å²) in [6.07, 6.45) is -8.28. The second-order valence-electron chi connectivity index (χ2n) is 9.51. The maximum absolute atomic E-state index is 14.0. The molecule has 2 aromatic rings. The summed E-state index contributed by atoms with van der Waals surface area (Å²) in [5.41, 5.74) is -2.74. The third-order valence-electron chi connectivity index (χ3n) is 6.82. The largest absolute Gasteiger partial charge is 0.522 e. The fraction of sp³-hybridized carbons (Fsp3) is 0.545. The van der Waals surface area contributed by atoms with E-state index in [-0.39, 0.29) is 30.1 Å². The summed E-state index contributed by atoms with van der Waals surface area (Å²) < 4.78 is 105. The molecular weight excluding hydrogens is 519 g/mol. The minimum Gasteiger partial charge on any atom is -0.488 e. The number of nitrogens with zero attached hydrogens (tertiary/aromatic N) is 2. The van der Waals surface area contributed by atoms with Gasteiger partial charge < -0.3 is 19.9 Å². The first-order valence-corrected chi connectivity index (χ1v) is 11.1. The summed E-state index contributed by atoms with van der Waals surface area (Å²) in [4.78, 5) is 12.8. The standard InChI is InChI=1S/C22H20F7N3O5/c23-14-4-16-12(3-13(14)21(24,25)26)15(33)5-17(37-16)18(34)31-19-8-20(9-19,10-19)32-7-11(6-30-32)35-1-2-36-22(27,28)29/h3-4,6-7,15,17,33H,1-2,5,8-10H2,(H,31,34). The van der Waals surface area contributed by atoms with Crippen LogP contribution in [0.3, 0.4) is 0 Å². The quantitative estimate of drug-likeness (QED) is 0.413. The van der Waals surface area contributed by atoms with Gasteiger partial charge in [0.1, 0.15) is 18.2 Å². The lowest BCUT2D eigenvalue weighted by molar-refractivity contribution is -0.325. The summed E-state index contributed by atoms with van der Waals surface area (Å²) in [7, 11) is 0. The topological polar surface area (TPSA) is 94.8 Å². The van der Waals surface area contributed by atoms with Crippen LogP contribution in [0.15, 0.2) is 24.5 Å². The van der Waals surface area contributed by atoms with Gasteiger partial charge >= 0.3 is 12.5 Å². The van der Waals surface area contributed by atoms with Crippen LogP contribution in [0.5, 0.6) is 11.5 Å². The molecule has 0 radical (unpaired) electrons. The Morgan fingerprint density at radius 2 is 1.89 bits per heavy atom. The number of hydrogen-bond acceptors (Lipinski definition) is 6. The number of ether oxygens (including phenoxy) is 3. The van der Waals surface area contributed by atoms with Crippen molar-refractivity contribution in [1.82, 2.24) is 15.1 Å². The molecule has 0 saturated heterocycles. The maximum Gasteiger partial charge on any atom is 0.522 e. The molecule has 0 spiro atoms. The molecule has 1 aliphatic heterocycles. The lowest BCUT2D eigenvalue weighted by Gasteiger charge is -2.70. The first-order chi connectivity index (χ1) is 17.2. The van der Waals surface area contributed by atoms with Gasteiger partial charge in [0.2, 0.25) is 0 Å². The van der Waals surface area contributed by atoms with Gasteiger partial charge in [-0.05, 0) is 25.3 Å². The molecule has 2 heterocycles. The van der Waals surface area contributed by atoms with Crippen molar-refractivity contribution in [3.05, 3.63) is 41.5 Å². The number of aliphatic hydroxyl groups excluding tert-OH is 1. The summed E-state index contributed by atoms with van der Waals surface area (Å²) in [5.74, 6) is -2.23. The Bertz CT molecular complexity index is 1190. The zero-order valence-corrected chi connectivity index (χ0v) is 18.8. The van der Waals surface area contributed by atoms with E-state index in [1.165, 1.54) is 6.20 Å². The smallest absolute Gasteiger partial charge is 0.488 e. The SMILES string of the molecule is O=C(NC12CC(n3cc(OCCOC(F)(F)F)cn3)(C1)C2)C1CC(O)c2cc(C(F)(F)F)c(F)cc2O1. The molecule has 6 rings (SSSR count). The van der Waals surface area contributed by atoms with Crippen LogP contribution in [0.1, 0.15) is 42.9 Å². The molecular formula is C22H20F7N3O5. The van der Waals surface area contributed by atoms with Gasteiger partial charge in [0.05, 0.1) is 36.2 Å². The predicted molar refractivity (Wildman–Crippen MR) is 108 cm³/mol. The molecule has 3 fully saturated rings. The summed E-state index contributed by atoms with van der Waals surface area (Å²) in [6, 6.07) is 1.00. The Kier molecular flexibility index (Phi) is 5.86. The van der Waals surface area contributed by atoms with Crippen molar-refractivity contribution in [2.75, 3.05) is 13.2 Å². The van der Waals surface area contributed by atoms with E-state index in [0.717, 1.165) is 0 Å². The van der Waals surface area contributed by atoms with Crippen molar-refractivity contribution in [3.63, 3.8) is 0 Å². The highest BCUT2D eigenvalue weighted by atomic mass is 19.4. The van der Waals surface area contributed by atoms with Crippen LogP contribution in [0.25, 0.3) is 0 Å². The molecule has 2 bridgehead atoms. The third kappa shape index (κ3) is 4.81. The second-order valence-corrected chi connectivity index (χ2v) is 9.51. The maximum atomic E-state index is 14.0. The average molecular weight is 539 g/mol. The lowest BCUT2D eigenvalue weighted by atomic mass is 9.44. The van der Waals surface area contributed by atoms with Crippen LogP contribution in [0, 0.1) is 5.82 Å². The van der Waals surface area contributed by atoms with Crippen molar-refractivity contribution in [1.29, 1.82) is 0 Å². The van der Waals surface area contributed by atoms with E-state index in [2.05, 4.69) is 15.2 Å². The van der Waals surface area contributed by atoms with Crippen LogP contribution in [0.4, 0.5) is 30.7 Å². The van der Waals surface area contributed by atoms with Gasteiger partial charge in [-0.25, -0.2) is 4.39 Å². The molecule has 3 aliphatic carbocycles. The average Bonchev–Trinajstić information content (AvgIpc) is 3.19. The number of carbonyl (C=O) groups excluding carboxylic acids is 1. The molecule has 4 aliphatic rings. The van der Waals surface area contributed by atoms with Gasteiger partial charge in [0, 0.05) is 23.6 Å². The van der Waals surface area contributed by atoms with E-state index in [1.54, 1.807) is 10.9 Å². The Labute approximate surface area is 204 Å². The van der Waals surface area contributed by atoms with Crippen molar-refractivity contribution in [2.45, 2.75) is 61.5 Å². The lowest BCUT2D eigenvalue weighted by Crippen LogP contribution is -2.79. The summed E-state index contributed by atoms with van der Waals surface area (Å²) in [6.45, 7) is -0.997. The number of alkyl halides is 6. The number of rotatable bonds is 7. The van der Waals surface area contributed by atoms with Gasteiger partial charge in [-0.2, -0.15) is 18.3 Å². The van der Waals surface area contributed by atoms with E-state index >= 15 is 0 Å². The number of carbonyl (C=O) groups is 1. The number of amides is 1. The number of hydrogen-bond donors (Lipinski definition) is 2. The van der Waals surface area contributed by atoms with Crippen molar-refractivity contribution >= 4 is 5.91 Å². The molecule has 8 nitrogen and oxygen atoms in total. The molecule has 1 aromatic carbocycles. The molecule has 2 atom stereocenters. The Morgan fingerprint density at radius 3 is 2.54 bits per heavy atom. The fourth-order valence-corrected chi connectivity index (χ4v) is 5.25. The Hall–Kier alpha value is -3.07. The monoisotopic (exact) mass is 539 g/mol. The molecule has 15 heteroatoms. The van der Waals surface area contributed by atoms with E-state index in [4.69, 9.17) is 9.47 Å². The summed E-state index contributed by atoms with van der Waals surface area (Å²) >= 11 is 0. The highest BCUT2D eigenvalue weighted by Crippen LogP contribution is 2.65. The van der Waals surface area contributed by atoms with Gasteiger partial charge in [0.15, 0.2) is 11.9 Å². The highest BCUT2D eigenvalue weighted by Gasteiger charge is 2.70. The molecule has 202 valence electrons. The van der Waals surface area contributed by atoms with Crippen molar-refractivity contribution in [3.8, 4) is 11.5 Å². The van der Waals surface area contributed by atoms with E-state index in [0.29, 0.717) is 31.4 Å². The Balaban J connectivity index is 1.15. The number of aliphatic hydroxyl groups is 1. The highest BCUT2D eigenvalue weighted by molar-refractivity contribution is 5.83. The molecule has 1 aromatic heterocycles. The van der Waals surface area contributed by atoms with Crippen molar-refractivity contribution < 1.29 is 54.8 Å². The number of aromatic nitrogens is 2. The number of nitrogens with one attached hydrogen (secondary N) is 1. The predicted octanol–water partition coefficient (Wildman–Crippen LogP) is 3.59. The van der Waals surface area contributed by atoms with Crippen LogP contribution >= 0.6 is 0 Å². The minimum absolute atomic E-state index is 0.246. The fourth-order valence-electron chi connectivity index (χ4n) is 5.25.